The highest BCUT2D eigenvalue weighted by atomic mass is 19.1. The van der Waals surface area contributed by atoms with Crippen molar-refractivity contribution in [3.05, 3.63) is 71.0 Å². The lowest BCUT2D eigenvalue weighted by atomic mass is 10.1. The molecule has 2 N–H and O–H groups in total. The third kappa shape index (κ3) is 3.61. The number of aliphatic hydroxyl groups excluding tert-OH is 1. The smallest absolute Gasteiger partial charge is 0.257 e. The Morgan fingerprint density at radius 2 is 1.62 bits per heavy atom. The molecule has 0 heterocycles. The number of aliphatic hydroxyl groups is 1. The third-order valence-corrected chi connectivity index (χ3v) is 2.90. The van der Waals surface area contributed by atoms with Crippen molar-refractivity contribution in [1.29, 1.82) is 0 Å². The van der Waals surface area contributed by atoms with E-state index in [0.717, 1.165) is 30.3 Å². The van der Waals surface area contributed by atoms with Crippen LogP contribution in [0.1, 0.15) is 22.0 Å². The summed E-state index contributed by atoms with van der Waals surface area (Å²) in [6.07, 6.45) is -1.11. The molecule has 6 heteroatoms. The van der Waals surface area contributed by atoms with E-state index < -0.39 is 35.0 Å². The molecule has 110 valence electrons. The number of hydrogen-bond donors (Lipinski definition) is 2. The zero-order valence-corrected chi connectivity index (χ0v) is 10.8. The summed E-state index contributed by atoms with van der Waals surface area (Å²) in [5.41, 5.74) is -0.325. The van der Waals surface area contributed by atoms with E-state index in [4.69, 9.17) is 0 Å². The fraction of sp³-hybridized carbons (Fsp3) is 0.133. The molecule has 2 aromatic carbocycles. The number of amides is 1. The average molecular weight is 295 g/mol. The maximum Gasteiger partial charge on any atom is 0.257 e. The monoisotopic (exact) mass is 295 g/mol. The minimum Gasteiger partial charge on any atom is -0.387 e. The highest BCUT2D eigenvalue weighted by Crippen LogP contribution is 2.14. The molecule has 0 spiro atoms. The van der Waals surface area contributed by atoms with Gasteiger partial charge in [0.25, 0.3) is 5.91 Å². The first-order valence-electron chi connectivity index (χ1n) is 6.15. The maximum atomic E-state index is 13.4. The van der Waals surface area contributed by atoms with E-state index in [9.17, 15) is 23.1 Å². The van der Waals surface area contributed by atoms with Gasteiger partial charge in [-0.1, -0.05) is 18.2 Å². The maximum absolute atomic E-state index is 13.4. The molecule has 0 aliphatic heterocycles. The number of halogens is 3. The summed E-state index contributed by atoms with van der Waals surface area (Å²) >= 11 is 0. The van der Waals surface area contributed by atoms with Gasteiger partial charge in [-0.3, -0.25) is 4.79 Å². The SMILES string of the molecule is O=C(NCC(O)c1ccc(F)cc1)c1c(F)cccc1F. The average Bonchev–Trinajstić information content (AvgIpc) is 2.45. The second kappa shape index (κ2) is 6.41. The number of carbonyl (C=O) groups excluding carboxylic acids is 1. The van der Waals surface area contributed by atoms with Gasteiger partial charge in [0.1, 0.15) is 23.0 Å². The van der Waals surface area contributed by atoms with Crippen molar-refractivity contribution in [3.63, 3.8) is 0 Å². The molecule has 2 rings (SSSR count). The lowest BCUT2D eigenvalue weighted by molar-refractivity contribution is 0.0908. The number of nitrogens with one attached hydrogen (secondary N) is 1. The van der Waals surface area contributed by atoms with Crippen molar-refractivity contribution >= 4 is 5.91 Å². The molecule has 1 unspecified atom stereocenters. The van der Waals surface area contributed by atoms with Crippen LogP contribution < -0.4 is 5.32 Å². The van der Waals surface area contributed by atoms with Crippen molar-refractivity contribution in [3.8, 4) is 0 Å². The first-order chi connectivity index (χ1) is 9.99. The lowest BCUT2D eigenvalue weighted by Gasteiger charge is -2.13. The minimum atomic E-state index is -1.11. The molecule has 1 atom stereocenters. The second-order valence-electron chi connectivity index (χ2n) is 4.37. The van der Waals surface area contributed by atoms with Gasteiger partial charge >= 0.3 is 0 Å². The van der Waals surface area contributed by atoms with Crippen LogP contribution in [0.5, 0.6) is 0 Å². The van der Waals surface area contributed by atoms with Gasteiger partial charge in [0.15, 0.2) is 0 Å². The summed E-state index contributed by atoms with van der Waals surface area (Å²) in [7, 11) is 0. The van der Waals surface area contributed by atoms with E-state index >= 15 is 0 Å². The summed E-state index contributed by atoms with van der Waals surface area (Å²) in [6, 6.07) is 8.12. The van der Waals surface area contributed by atoms with Crippen LogP contribution in [0.3, 0.4) is 0 Å². The largest absolute Gasteiger partial charge is 0.387 e. The Morgan fingerprint density at radius 3 is 2.19 bits per heavy atom. The van der Waals surface area contributed by atoms with E-state index in [0.29, 0.717) is 5.56 Å². The van der Waals surface area contributed by atoms with Crippen LogP contribution in [0.25, 0.3) is 0 Å². The molecule has 0 saturated heterocycles. The van der Waals surface area contributed by atoms with E-state index in [1.807, 2.05) is 0 Å². The van der Waals surface area contributed by atoms with E-state index in [-0.39, 0.29) is 6.54 Å². The summed E-state index contributed by atoms with van der Waals surface area (Å²) in [5, 5.41) is 12.1. The Balaban J connectivity index is 2.02. The first-order valence-corrected chi connectivity index (χ1v) is 6.15. The highest BCUT2D eigenvalue weighted by molar-refractivity contribution is 5.94. The van der Waals surface area contributed by atoms with Crippen molar-refractivity contribution in [1.82, 2.24) is 5.32 Å². The van der Waals surface area contributed by atoms with Gasteiger partial charge in [-0.05, 0) is 29.8 Å². The Morgan fingerprint density at radius 1 is 1.05 bits per heavy atom. The summed E-state index contributed by atoms with van der Waals surface area (Å²) < 4.78 is 39.5. The molecule has 21 heavy (non-hydrogen) atoms. The Hall–Kier alpha value is -2.34. The molecule has 0 saturated carbocycles. The number of benzene rings is 2. The number of rotatable bonds is 4. The Labute approximate surface area is 119 Å². The van der Waals surface area contributed by atoms with E-state index in [2.05, 4.69) is 5.32 Å². The van der Waals surface area contributed by atoms with Gasteiger partial charge in [0.05, 0.1) is 6.10 Å². The normalized spacial score (nSPS) is 12.0. The van der Waals surface area contributed by atoms with E-state index in [1.54, 1.807) is 0 Å². The van der Waals surface area contributed by atoms with Crippen molar-refractivity contribution < 1.29 is 23.1 Å². The standard InChI is InChI=1S/C15H12F3NO2/c16-10-6-4-9(5-7-10)13(20)8-19-15(21)14-11(17)2-1-3-12(14)18/h1-7,13,20H,8H2,(H,19,21). The number of hydrogen-bond acceptors (Lipinski definition) is 2. The van der Waals surface area contributed by atoms with E-state index in [1.165, 1.54) is 12.1 Å². The Bertz CT molecular complexity index is 624. The lowest BCUT2D eigenvalue weighted by Crippen LogP contribution is -2.29. The van der Waals surface area contributed by atoms with Gasteiger partial charge in [0.2, 0.25) is 0 Å². The van der Waals surface area contributed by atoms with Crippen molar-refractivity contribution in [2.24, 2.45) is 0 Å². The molecular formula is C15H12F3NO2. The predicted molar refractivity (Wildman–Crippen MR) is 70.1 cm³/mol. The van der Waals surface area contributed by atoms with Gasteiger partial charge in [-0.2, -0.15) is 0 Å². The topological polar surface area (TPSA) is 49.3 Å². The van der Waals surface area contributed by atoms with Crippen LogP contribution in [0.4, 0.5) is 13.2 Å². The second-order valence-corrected chi connectivity index (χ2v) is 4.37. The van der Waals surface area contributed by atoms with Crippen LogP contribution in [0.15, 0.2) is 42.5 Å². The van der Waals surface area contributed by atoms with Crippen LogP contribution in [0.2, 0.25) is 0 Å². The molecule has 0 aliphatic rings. The summed E-state index contributed by atoms with van der Waals surface area (Å²) in [6.45, 7) is -0.252. The number of carbonyl (C=O) groups is 1. The fourth-order valence-electron chi connectivity index (χ4n) is 1.80. The van der Waals surface area contributed by atoms with Crippen LogP contribution in [-0.4, -0.2) is 17.6 Å². The quantitative estimate of drug-likeness (QED) is 0.911. The third-order valence-electron chi connectivity index (χ3n) is 2.90. The molecule has 0 bridgehead atoms. The molecule has 1 amide bonds. The van der Waals surface area contributed by atoms with Gasteiger partial charge in [0, 0.05) is 6.54 Å². The molecular weight excluding hydrogens is 283 g/mol. The Kier molecular flexibility index (Phi) is 4.59. The van der Waals surface area contributed by atoms with Crippen molar-refractivity contribution in [2.45, 2.75) is 6.10 Å². The van der Waals surface area contributed by atoms with Gasteiger partial charge in [-0.15, -0.1) is 0 Å². The predicted octanol–water partition coefficient (Wildman–Crippen LogP) is 2.57. The van der Waals surface area contributed by atoms with Gasteiger partial charge < -0.3 is 10.4 Å². The zero-order valence-electron chi connectivity index (χ0n) is 10.8. The van der Waals surface area contributed by atoms with Crippen LogP contribution >= 0.6 is 0 Å². The van der Waals surface area contributed by atoms with Crippen LogP contribution in [-0.2, 0) is 0 Å². The minimum absolute atomic E-state index is 0.252. The molecule has 0 fully saturated rings. The molecule has 0 aromatic heterocycles. The summed E-state index contributed by atoms with van der Waals surface area (Å²) in [4.78, 5) is 11.7. The molecule has 0 radical (unpaired) electrons. The first kappa shape index (κ1) is 15.1. The molecule has 0 aliphatic carbocycles. The van der Waals surface area contributed by atoms with Gasteiger partial charge in [-0.25, -0.2) is 13.2 Å². The van der Waals surface area contributed by atoms with Crippen molar-refractivity contribution in [2.75, 3.05) is 6.54 Å². The molecule has 3 nitrogen and oxygen atoms in total. The highest BCUT2D eigenvalue weighted by Gasteiger charge is 2.18. The fourth-order valence-corrected chi connectivity index (χ4v) is 1.80. The summed E-state index contributed by atoms with van der Waals surface area (Å²) in [5.74, 6) is -3.39. The molecule has 2 aromatic rings. The zero-order chi connectivity index (χ0) is 15.4. The van der Waals surface area contributed by atoms with Crippen LogP contribution in [0, 0.1) is 17.5 Å².